The predicted octanol–water partition coefficient (Wildman–Crippen LogP) is 3.17. The lowest BCUT2D eigenvalue weighted by Gasteiger charge is -2.27. The van der Waals surface area contributed by atoms with Crippen molar-refractivity contribution in [1.82, 2.24) is 0 Å². The van der Waals surface area contributed by atoms with Crippen LogP contribution in [0.2, 0.25) is 0 Å². The van der Waals surface area contributed by atoms with Crippen LogP contribution in [0.25, 0.3) is 0 Å². The SMILES string of the molecule is CC1=NN=C2CC(C)Sc3ccccc3N2C1. The lowest BCUT2D eigenvalue weighted by Crippen LogP contribution is -2.37. The summed E-state index contributed by atoms with van der Waals surface area (Å²) in [4.78, 5) is 3.65. The summed E-state index contributed by atoms with van der Waals surface area (Å²) in [6, 6.07) is 8.56. The molecule has 2 aliphatic heterocycles. The fraction of sp³-hybridized carbons (Fsp3) is 0.385. The Kier molecular flexibility index (Phi) is 2.67. The molecule has 0 saturated heterocycles. The van der Waals surface area contributed by atoms with Gasteiger partial charge in [-0.3, -0.25) is 0 Å². The molecule has 0 aliphatic carbocycles. The summed E-state index contributed by atoms with van der Waals surface area (Å²) >= 11 is 1.93. The van der Waals surface area contributed by atoms with Gasteiger partial charge in [-0.25, -0.2) is 0 Å². The summed E-state index contributed by atoms with van der Waals surface area (Å²) in [5.41, 5.74) is 2.35. The first kappa shape index (κ1) is 10.8. The Morgan fingerprint density at radius 2 is 2.12 bits per heavy atom. The van der Waals surface area contributed by atoms with Gasteiger partial charge in [0.25, 0.3) is 0 Å². The van der Waals surface area contributed by atoms with Crippen molar-refractivity contribution >= 4 is 29.0 Å². The highest BCUT2D eigenvalue weighted by Crippen LogP contribution is 2.38. The maximum atomic E-state index is 4.36. The van der Waals surface area contributed by atoms with Gasteiger partial charge in [0.15, 0.2) is 0 Å². The quantitative estimate of drug-likeness (QED) is 0.702. The molecule has 0 saturated carbocycles. The molecule has 0 radical (unpaired) electrons. The Hall–Kier alpha value is -1.29. The molecule has 2 aliphatic rings. The topological polar surface area (TPSA) is 28.0 Å². The van der Waals surface area contributed by atoms with E-state index < -0.39 is 0 Å². The Balaban J connectivity index is 2.10. The molecule has 4 heteroatoms. The second-order valence-corrected chi connectivity index (χ2v) is 6.02. The van der Waals surface area contributed by atoms with Crippen LogP contribution in [-0.4, -0.2) is 23.3 Å². The minimum Gasteiger partial charge on any atom is -0.322 e. The minimum atomic E-state index is 0.550. The van der Waals surface area contributed by atoms with Gasteiger partial charge in [-0.15, -0.1) is 16.9 Å². The first-order chi connectivity index (χ1) is 8.24. The van der Waals surface area contributed by atoms with Gasteiger partial charge >= 0.3 is 0 Å². The van der Waals surface area contributed by atoms with E-state index in [0.717, 1.165) is 24.5 Å². The molecule has 3 rings (SSSR count). The van der Waals surface area contributed by atoms with Gasteiger partial charge in [-0.05, 0) is 19.1 Å². The van der Waals surface area contributed by atoms with E-state index in [0.29, 0.717) is 5.25 Å². The largest absolute Gasteiger partial charge is 0.322 e. The number of hydrogen-bond acceptors (Lipinski definition) is 4. The average molecular weight is 245 g/mol. The standard InChI is InChI=1S/C13H15N3S/c1-9-8-16-11-5-3-4-6-12(11)17-10(2)7-13(16)15-14-9/h3-6,10H,7-8H2,1-2H3. The van der Waals surface area contributed by atoms with E-state index in [-0.39, 0.29) is 0 Å². The Morgan fingerprint density at radius 1 is 1.29 bits per heavy atom. The number of fused-ring (bicyclic) bond motifs is 3. The normalized spacial score (nSPS) is 23.2. The van der Waals surface area contributed by atoms with Crippen molar-refractivity contribution in [3.63, 3.8) is 0 Å². The van der Waals surface area contributed by atoms with Crippen LogP contribution in [-0.2, 0) is 0 Å². The number of thioether (sulfide) groups is 1. The van der Waals surface area contributed by atoms with Crippen molar-refractivity contribution in [2.75, 3.05) is 11.4 Å². The number of nitrogens with zero attached hydrogens (tertiary/aromatic N) is 3. The Bertz CT molecular complexity index is 507. The summed E-state index contributed by atoms with van der Waals surface area (Å²) < 4.78 is 0. The molecular formula is C13H15N3S. The van der Waals surface area contributed by atoms with Gasteiger partial charge in [0.05, 0.1) is 17.9 Å². The molecule has 0 N–H and O–H groups in total. The number of amidine groups is 1. The van der Waals surface area contributed by atoms with Crippen LogP contribution in [0.5, 0.6) is 0 Å². The highest BCUT2D eigenvalue weighted by molar-refractivity contribution is 8.00. The van der Waals surface area contributed by atoms with Gasteiger partial charge in [-0.2, -0.15) is 5.10 Å². The molecule has 17 heavy (non-hydrogen) atoms. The number of benzene rings is 1. The lowest BCUT2D eigenvalue weighted by atomic mass is 10.2. The molecule has 88 valence electrons. The van der Waals surface area contributed by atoms with Crippen molar-refractivity contribution in [3.05, 3.63) is 24.3 Å². The van der Waals surface area contributed by atoms with Crippen molar-refractivity contribution in [2.45, 2.75) is 30.4 Å². The average Bonchev–Trinajstić information content (AvgIpc) is 2.45. The van der Waals surface area contributed by atoms with E-state index in [1.54, 1.807) is 0 Å². The molecule has 1 aromatic rings. The van der Waals surface area contributed by atoms with Crippen molar-refractivity contribution in [2.24, 2.45) is 10.2 Å². The highest BCUT2D eigenvalue weighted by atomic mass is 32.2. The monoisotopic (exact) mass is 245 g/mol. The zero-order valence-corrected chi connectivity index (χ0v) is 10.9. The molecular weight excluding hydrogens is 230 g/mol. The summed E-state index contributed by atoms with van der Waals surface area (Å²) in [5.74, 6) is 1.10. The smallest absolute Gasteiger partial charge is 0.133 e. The van der Waals surface area contributed by atoms with Crippen molar-refractivity contribution < 1.29 is 0 Å². The van der Waals surface area contributed by atoms with E-state index in [9.17, 15) is 0 Å². The fourth-order valence-corrected chi connectivity index (χ4v) is 3.34. The van der Waals surface area contributed by atoms with Gasteiger partial charge < -0.3 is 4.90 Å². The molecule has 1 atom stereocenters. The van der Waals surface area contributed by atoms with E-state index in [4.69, 9.17) is 0 Å². The lowest BCUT2D eigenvalue weighted by molar-refractivity contribution is 0.951. The fourth-order valence-electron chi connectivity index (χ4n) is 2.22. The van der Waals surface area contributed by atoms with Gasteiger partial charge in [-0.1, -0.05) is 19.1 Å². The third kappa shape index (κ3) is 1.97. The molecule has 0 aromatic heterocycles. The Morgan fingerprint density at radius 3 is 3.00 bits per heavy atom. The second kappa shape index (κ2) is 4.18. The van der Waals surface area contributed by atoms with Crippen LogP contribution >= 0.6 is 11.8 Å². The van der Waals surface area contributed by atoms with Gasteiger partial charge in [0.2, 0.25) is 0 Å². The number of rotatable bonds is 0. The van der Waals surface area contributed by atoms with Gasteiger partial charge in [0, 0.05) is 16.6 Å². The summed E-state index contributed by atoms with van der Waals surface area (Å²) in [5, 5.41) is 9.13. The van der Waals surface area contributed by atoms with Crippen LogP contribution in [0.15, 0.2) is 39.4 Å². The second-order valence-electron chi connectivity index (χ2n) is 4.54. The van der Waals surface area contributed by atoms with Crippen LogP contribution in [0.1, 0.15) is 20.3 Å². The van der Waals surface area contributed by atoms with Gasteiger partial charge in [0.1, 0.15) is 5.84 Å². The van der Waals surface area contributed by atoms with Crippen LogP contribution in [0.4, 0.5) is 5.69 Å². The number of para-hydroxylation sites is 1. The molecule has 0 fully saturated rings. The van der Waals surface area contributed by atoms with Crippen molar-refractivity contribution in [1.29, 1.82) is 0 Å². The maximum absolute atomic E-state index is 4.36. The van der Waals surface area contributed by atoms with Crippen molar-refractivity contribution in [3.8, 4) is 0 Å². The third-order valence-corrected chi connectivity index (χ3v) is 4.16. The third-order valence-electron chi connectivity index (χ3n) is 2.99. The zero-order chi connectivity index (χ0) is 11.8. The molecule has 0 bridgehead atoms. The molecule has 3 nitrogen and oxygen atoms in total. The summed E-state index contributed by atoms with van der Waals surface area (Å²) in [7, 11) is 0. The minimum absolute atomic E-state index is 0.550. The summed E-state index contributed by atoms with van der Waals surface area (Å²) in [6.07, 6.45) is 0.982. The van der Waals surface area contributed by atoms with E-state index in [1.807, 2.05) is 18.7 Å². The molecule has 2 heterocycles. The zero-order valence-electron chi connectivity index (χ0n) is 10.1. The van der Waals surface area contributed by atoms with E-state index in [1.165, 1.54) is 10.6 Å². The van der Waals surface area contributed by atoms with Crippen LogP contribution in [0, 0.1) is 0 Å². The Labute approximate surface area is 106 Å². The molecule has 0 amide bonds. The molecule has 1 aromatic carbocycles. The first-order valence-corrected chi connectivity index (χ1v) is 6.75. The first-order valence-electron chi connectivity index (χ1n) is 5.87. The number of anilines is 1. The van der Waals surface area contributed by atoms with E-state index in [2.05, 4.69) is 46.3 Å². The van der Waals surface area contributed by atoms with E-state index >= 15 is 0 Å². The maximum Gasteiger partial charge on any atom is 0.133 e. The van der Waals surface area contributed by atoms with Crippen LogP contribution in [0.3, 0.4) is 0 Å². The number of hydrogen-bond donors (Lipinski definition) is 0. The molecule has 1 unspecified atom stereocenters. The molecule has 0 spiro atoms. The van der Waals surface area contributed by atoms with Crippen LogP contribution < -0.4 is 4.90 Å². The predicted molar refractivity (Wildman–Crippen MR) is 74.3 cm³/mol. The summed E-state index contributed by atoms with van der Waals surface area (Å²) in [6.45, 7) is 5.14. The highest BCUT2D eigenvalue weighted by Gasteiger charge is 2.26.